The van der Waals surface area contributed by atoms with Gasteiger partial charge in [-0.25, -0.2) is 0 Å². The van der Waals surface area contributed by atoms with E-state index in [-0.39, 0.29) is 12.5 Å². The summed E-state index contributed by atoms with van der Waals surface area (Å²) in [6.45, 7) is 7.41. The molecule has 0 saturated heterocycles. The van der Waals surface area contributed by atoms with Crippen molar-refractivity contribution in [3.8, 4) is 0 Å². The highest BCUT2D eigenvalue weighted by molar-refractivity contribution is 5.73. The van der Waals surface area contributed by atoms with Gasteiger partial charge in [0.15, 0.2) is 0 Å². The maximum atomic E-state index is 10.8. The number of carboxylic acid groups (broad SMARTS) is 1. The van der Waals surface area contributed by atoms with Gasteiger partial charge in [-0.2, -0.15) is 0 Å². The van der Waals surface area contributed by atoms with Crippen LogP contribution in [-0.2, 0) is 9.59 Å². The van der Waals surface area contributed by atoms with Crippen molar-refractivity contribution in [1.82, 2.24) is 5.32 Å². The molecule has 2 atom stereocenters. The minimum atomic E-state index is -0.978. The molecule has 1 fully saturated rings. The molecule has 0 heterocycles. The van der Waals surface area contributed by atoms with Gasteiger partial charge in [-0.05, 0) is 36.5 Å². The van der Waals surface area contributed by atoms with E-state index < -0.39 is 12.0 Å². The first kappa shape index (κ1) is 18.1. The van der Waals surface area contributed by atoms with Crippen LogP contribution in [-0.4, -0.2) is 36.0 Å². The standard InChI is InChI=1S/C16H30N2O3/c1-15(2,3)16(7-8-16)6-4-5-12(17)10-18-13(11-19)9-14(20)21/h11-13,18H,4-10,17H2,1-3H3,(H,20,21)/t12?,13-/m1/s1. The SMILES string of the molecule is CC(C)(C)C1(CCCC(N)CN[C@@H](C=O)CC(=O)O)CC1. The Morgan fingerprint density at radius 2 is 2.05 bits per heavy atom. The van der Waals surface area contributed by atoms with Gasteiger partial charge >= 0.3 is 5.97 Å². The molecule has 0 radical (unpaired) electrons. The van der Waals surface area contributed by atoms with Crippen molar-refractivity contribution < 1.29 is 14.7 Å². The minimum absolute atomic E-state index is 0.0305. The summed E-state index contributed by atoms with van der Waals surface area (Å²) in [4.78, 5) is 21.3. The zero-order chi connectivity index (χ0) is 16.1. The Bertz CT molecular complexity index is 359. The molecule has 5 heteroatoms. The van der Waals surface area contributed by atoms with Crippen molar-refractivity contribution in [3.63, 3.8) is 0 Å². The molecule has 1 aliphatic carbocycles. The Kier molecular flexibility index (Phi) is 6.35. The Labute approximate surface area is 127 Å². The predicted octanol–water partition coefficient (Wildman–Crippen LogP) is 1.94. The van der Waals surface area contributed by atoms with Crippen molar-refractivity contribution in [2.45, 2.75) is 71.4 Å². The molecule has 5 nitrogen and oxygen atoms in total. The van der Waals surface area contributed by atoms with E-state index in [0.29, 0.717) is 23.7 Å². The monoisotopic (exact) mass is 298 g/mol. The summed E-state index contributed by atoms with van der Waals surface area (Å²) in [5.41, 5.74) is 6.90. The first-order chi connectivity index (χ1) is 9.70. The Hall–Kier alpha value is -0.940. The Morgan fingerprint density at radius 1 is 1.43 bits per heavy atom. The van der Waals surface area contributed by atoms with Gasteiger partial charge in [0.2, 0.25) is 0 Å². The van der Waals surface area contributed by atoms with Gasteiger partial charge in [-0.3, -0.25) is 4.79 Å². The molecular weight excluding hydrogens is 268 g/mol. The quantitative estimate of drug-likeness (QED) is 0.536. The summed E-state index contributed by atoms with van der Waals surface area (Å²) in [6.07, 6.45) is 6.28. The maximum Gasteiger partial charge on any atom is 0.305 e. The van der Waals surface area contributed by atoms with Crippen LogP contribution >= 0.6 is 0 Å². The van der Waals surface area contributed by atoms with Crippen molar-refractivity contribution in [2.24, 2.45) is 16.6 Å². The first-order valence-corrected chi connectivity index (χ1v) is 7.86. The predicted molar refractivity (Wildman–Crippen MR) is 83.1 cm³/mol. The number of carboxylic acids is 1. The largest absolute Gasteiger partial charge is 0.481 e. The van der Waals surface area contributed by atoms with Crippen molar-refractivity contribution >= 4 is 12.3 Å². The second kappa shape index (κ2) is 7.36. The molecule has 0 amide bonds. The highest BCUT2D eigenvalue weighted by Gasteiger charge is 2.50. The molecule has 0 spiro atoms. The topological polar surface area (TPSA) is 92.4 Å². The van der Waals surface area contributed by atoms with Gasteiger partial charge in [0.25, 0.3) is 0 Å². The molecule has 1 saturated carbocycles. The smallest absolute Gasteiger partial charge is 0.305 e. The van der Waals surface area contributed by atoms with Gasteiger partial charge in [0.1, 0.15) is 6.29 Å². The number of carbonyl (C=O) groups excluding carboxylic acids is 1. The molecule has 0 bridgehead atoms. The number of hydrogen-bond donors (Lipinski definition) is 3. The number of hydrogen-bond acceptors (Lipinski definition) is 4. The molecule has 1 aliphatic rings. The van der Waals surface area contributed by atoms with E-state index in [1.165, 1.54) is 19.3 Å². The molecule has 0 aromatic heterocycles. The average molecular weight is 298 g/mol. The summed E-state index contributed by atoms with van der Waals surface area (Å²) in [7, 11) is 0. The van der Waals surface area contributed by atoms with Crippen LogP contribution in [0, 0.1) is 10.8 Å². The fourth-order valence-corrected chi connectivity index (χ4v) is 2.99. The van der Waals surface area contributed by atoms with E-state index >= 15 is 0 Å². The van der Waals surface area contributed by atoms with Gasteiger partial charge in [-0.1, -0.05) is 27.2 Å². The van der Waals surface area contributed by atoms with Crippen LogP contribution in [0.25, 0.3) is 0 Å². The van der Waals surface area contributed by atoms with E-state index in [1.54, 1.807) is 0 Å². The number of nitrogens with one attached hydrogen (secondary N) is 1. The first-order valence-electron chi connectivity index (χ1n) is 7.86. The lowest BCUT2D eigenvalue weighted by Crippen LogP contribution is -2.41. The van der Waals surface area contributed by atoms with E-state index in [1.807, 2.05) is 0 Å². The Morgan fingerprint density at radius 3 is 2.48 bits per heavy atom. The lowest BCUT2D eigenvalue weighted by Gasteiger charge is -2.31. The lowest BCUT2D eigenvalue weighted by atomic mass is 9.74. The summed E-state index contributed by atoms with van der Waals surface area (Å²) < 4.78 is 0. The van der Waals surface area contributed by atoms with Gasteiger partial charge in [-0.15, -0.1) is 0 Å². The Balaban J connectivity index is 2.21. The minimum Gasteiger partial charge on any atom is -0.481 e. The molecule has 122 valence electrons. The fraction of sp³-hybridized carbons (Fsp3) is 0.875. The second-order valence-electron chi connectivity index (χ2n) is 7.43. The normalized spacial score (nSPS) is 19.8. The third kappa shape index (κ3) is 5.75. The summed E-state index contributed by atoms with van der Waals surface area (Å²) >= 11 is 0. The van der Waals surface area contributed by atoms with Crippen LogP contribution in [0.4, 0.5) is 0 Å². The maximum absolute atomic E-state index is 10.8. The summed E-state index contributed by atoms with van der Waals surface area (Å²) in [6, 6.07) is -0.671. The van der Waals surface area contributed by atoms with E-state index in [4.69, 9.17) is 10.8 Å². The molecule has 4 N–H and O–H groups in total. The fourth-order valence-electron chi connectivity index (χ4n) is 2.99. The van der Waals surface area contributed by atoms with Crippen molar-refractivity contribution in [2.75, 3.05) is 6.54 Å². The molecular formula is C16H30N2O3. The highest BCUT2D eigenvalue weighted by atomic mass is 16.4. The van der Waals surface area contributed by atoms with Crippen molar-refractivity contribution in [3.05, 3.63) is 0 Å². The van der Waals surface area contributed by atoms with Gasteiger partial charge in [0, 0.05) is 12.6 Å². The summed E-state index contributed by atoms with van der Waals surface area (Å²) in [5.74, 6) is -0.978. The zero-order valence-electron chi connectivity index (χ0n) is 13.5. The van der Waals surface area contributed by atoms with E-state index in [2.05, 4.69) is 26.1 Å². The number of aliphatic carboxylic acids is 1. The van der Waals surface area contributed by atoms with Crippen LogP contribution < -0.4 is 11.1 Å². The average Bonchev–Trinajstić information content (AvgIpc) is 3.14. The third-order valence-corrected chi connectivity index (χ3v) is 4.88. The third-order valence-electron chi connectivity index (χ3n) is 4.88. The number of aldehydes is 1. The number of rotatable bonds is 10. The van der Waals surface area contributed by atoms with Crippen LogP contribution in [0.15, 0.2) is 0 Å². The number of carbonyl (C=O) groups is 2. The van der Waals surface area contributed by atoms with Gasteiger partial charge < -0.3 is 21.0 Å². The van der Waals surface area contributed by atoms with Crippen molar-refractivity contribution in [1.29, 1.82) is 0 Å². The molecule has 0 aromatic rings. The van der Waals surface area contributed by atoms with E-state index in [9.17, 15) is 9.59 Å². The van der Waals surface area contributed by atoms with Crippen LogP contribution in [0.2, 0.25) is 0 Å². The molecule has 0 aromatic carbocycles. The van der Waals surface area contributed by atoms with E-state index in [0.717, 1.165) is 12.8 Å². The lowest BCUT2D eigenvalue weighted by molar-refractivity contribution is -0.138. The van der Waals surface area contributed by atoms with Crippen LogP contribution in [0.1, 0.15) is 59.3 Å². The molecule has 1 unspecified atom stereocenters. The van der Waals surface area contributed by atoms with Gasteiger partial charge in [0.05, 0.1) is 12.5 Å². The zero-order valence-corrected chi connectivity index (χ0v) is 13.5. The second-order valence-corrected chi connectivity index (χ2v) is 7.43. The van der Waals surface area contributed by atoms with Crippen LogP contribution in [0.5, 0.6) is 0 Å². The molecule has 21 heavy (non-hydrogen) atoms. The number of nitrogens with two attached hydrogens (primary N) is 1. The molecule has 1 rings (SSSR count). The summed E-state index contributed by atoms with van der Waals surface area (Å²) in [5, 5.41) is 11.6. The van der Waals surface area contributed by atoms with Crippen LogP contribution in [0.3, 0.4) is 0 Å². The highest BCUT2D eigenvalue weighted by Crippen LogP contribution is 2.61. The molecule has 0 aliphatic heterocycles.